The quantitative estimate of drug-likeness (QED) is 0.789. The molecule has 3 rings (SSSR count). The van der Waals surface area contributed by atoms with E-state index in [1.165, 1.54) is 0 Å². The van der Waals surface area contributed by atoms with Gasteiger partial charge in [0.1, 0.15) is 0 Å². The lowest BCUT2D eigenvalue weighted by molar-refractivity contribution is 0.0979. The fourth-order valence-electron chi connectivity index (χ4n) is 3.04. The highest BCUT2D eigenvalue weighted by Crippen LogP contribution is 2.32. The van der Waals surface area contributed by atoms with Gasteiger partial charge in [-0.2, -0.15) is 0 Å². The molecule has 0 radical (unpaired) electrons. The third kappa shape index (κ3) is 2.33. The van der Waals surface area contributed by atoms with Gasteiger partial charge in [-0.25, -0.2) is 0 Å². The van der Waals surface area contributed by atoms with Gasteiger partial charge in [-0.15, -0.1) is 0 Å². The number of hydrogen-bond acceptors (Lipinski definition) is 3. The zero-order valence-corrected chi connectivity index (χ0v) is 12.8. The molecule has 22 heavy (non-hydrogen) atoms. The maximum absolute atomic E-state index is 12.8. The number of carbonyl (C=O) groups excluding carboxylic acids is 2. The molecule has 1 aliphatic carbocycles. The van der Waals surface area contributed by atoms with Crippen LogP contribution in [0.3, 0.4) is 0 Å². The normalized spacial score (nSPS) is 14.3. The molecule has 1 aliphatic rings. The molecule has 1 atom stereocenters. The van der Waals surface area contributed by atoms with Crippen LogP contribution in [0.15, 0.2) is 42.5 Å². The van der Waals surface area contributed by atoms with Gasteiger partial charge in [0.05, 0.1) is 5.56 Å². The molecule has 0 aromatic heterocycles. The van der Waals surface area contributed by atoms with E-state index in [4.69, 9.17) is 0 Å². The summed E-state index contributed by atoms with van der Waals surface area (Å²) in [6.07, 6.45) is 2.08. The van der Waals surface area contributed by atoms with Gasteiger partial charge in [0, 0.05) is 28.4 Å². The van der Waals surface area contributed by atoms with Crippen LogP contribution in [0.25, 0.3) is 0 Å². The Morgan fingerprint density at radius 3 is 2.23 bits per heavy atom. The molecular weight excluding hydrogens is 274 g/mol. The first kappa shape index (κ1) is 14.5. The molecule has 0 saturated heterocycles. The summed E-state index contributed by atoms with van der Waals surface area (Å²) < 4.78 is 0. The van der Waals surface area contributed by atoms with Crippen LogP contribution in [0, 0.1) is 0 Å². The highest BCUT2D eigenvalue weighted by atomic mass is 16.1. The average molecular weight is 293 g/mol. The van der Waals surface area contributed by atoms with Crippen molar-refractivity contribution in [1.82, 2.24) is 0 Å². The maximum atomic E-state index is 12.8. The summed E-state index contributed by atoms with van der Waals surface area (Å²) in [5.41, 5.74) is 2.76. The molecule has 0 spiro atoms. The van der Waals surface area contributed by atoms with E-state index in [0.717, 1.165) is 18.5 Å². The summed E-state index contributed by atoms with van der Waals surface area (Å²) in [5.74, 6) is -0.144. The highest BCUT2D eigenvalue weighted by molar-refractivity contribution is 6.30. The number of hydrogen-bond donors (Lipinski definition) is 1. The molecule has 0 fully saturated rings. The van der Waals surface area contributed by atoms with Crippen molar-refractivity contribution in [3.63, 3.8) is 0 Å². The molecule has 3 nitrogen and oxygen atoms in total. The first-order chi connectivity index (χ1) is 10.6. The monoisotopic (exact) mass is 293 g/mol. The van der Waals surface area contributed by atoms with Gasteiger partial charge in [-0.1, -0.05) is 49.7 Å². The lowest BCUT2D eigenvalue weighted by Crippen LogP contribution is -2.24. The van der Waals surface area contributed by atoms with Gasteiger partial charge in [-0.05, 0) is 19.4 Å². The minimum Gasteiger partial charge on any atom is -0.382 e. The minimum atomic E-state index is -0.0722. The van der Waals surface area contributed by atoms with Gasteiger partial charge in [0.15, 0.2) is 11.6 Å². The largest absolute Gasteiger partial charge is 0.382 e. The zero-order valence-electron chi connectivity index (χ0n) is 12.8. The molecular formula is C19H19NO2. The Balaban J connectivity index is 2.09. The summed E-state index contributed by atoms with van der Waals surface area (Å²) in [5, 5.41) is 3.38. The predicted octanol–water partition coefficient (Wildman–Crippen LogP) is 4.06. The van der Waals surface area contributed by atoms with Gasteiger partial charge in [0.2, 0.25) is 0 Å². The lowest BCUT2D eigenvalue weighted by atomic mass is 9.83. The first-order valence-corrected chi connectivity index (χ1v) is 7.71. The Morgan fingerprint density at radius 1 is 0.909 bits per heavy atom. The summed E-state index contributed by atoms with van der Waals surface area (Å²) in [6, 6.07) is 12.7. The Morgan fingerprint density at radius 2 is 1.55 bits per heavy atom. The number of anilines is 1. The van der Waals surface area contributed by atoms with Crippen LogP contribution >= 0.6 is 0 Å². The predicted molar refractivity (Wildman–Crippen MR) is 87.7 cm³/mol. The van der Waals surface area contributed by atoms with E-state index in [0.29, 0.717) is 22.3 Å². The maximum Gasteiger partial charge on any atom is 0.196 e. The Hall–Kier alpha value is -2.42. The zero-order chi connectivity index (χ0) is 15.7. The molecule has 0 bridgehead atoms. The van der Waals surface area contributed by atoms with Gasteiger partial charge >= 0.3 is 0 Å². The summed E-state index contributed by atoms with van der Waals surface area (Å²) in [7, 11) is 0. The SMILES string of the molecule is CCCC(C)Nc1cccc2c1C(=O)c1ccccc1C2=O. The Labute approximate surface area is 130 Å². The van der Waals surface area contributed by atoms with E-state index in [9.17, 15) is 9.59 Å². The molecule has 3 heteroatoms. The van der Waals surface area contributed by atoms with Crippen LogP contribution in [0.2, 0.25) is 0 Å². The van der Waals surface area contributed by atoms with Crippen molar-refractivity contribution in [2.45, 2.75) is 32.7 Å². The summed E-state index contributed by atoms with van der Waals surface area (Å²) in [4.78, 5) is 25.5. The molecule has 1 N–H and O–H groups in total. The number of fused-ring (bicyclic) bond motifs is 2. The molecule has 0 heterocycles. The second-order valence-corrected chi connectivity index (χ2v) is 5.77. The molecule has 0 aliphatic heterocycles. The van der Waals surface area contributed by atoms with Crippen molar-refractivity contribution in [1.29, 1.82) is 0 Å². The van der Waals surface area contributed by atoms with Crippen LogP contribution < -0.4 is 5.32 Å². The summed E-state index contributed by atoms with van der Waals surface area (Å²) >= 11 is 0. The van der Waals surface area contributed by atoms with Crippen LogP contribution in [0.1, 0.15) is 58.5 Å². The Kier molecular flexibility index (Phi) is 3.80. The smallest absolute Gasteiger partial charge is 0.196 e. The number of benzene rings is 2. The summed E-state index contributed by atoms with van der Waals surface area (Å²) in [6.45, 7) is 4.22. The van der Waals surface area contributed by atoms with Crippen LogP contribution in [0.4, 0.5) is 5.69 Å². The van der Waals surface area contributed by atoms with Crippen molar-refractivity contribution in [3.8, 4) is 0 Å². The number of rotatable bonds is 4. The van der Waals surface area contributed by atoms with Gasteiger partial charge in [0.25, 0.3) is 0 Å². The number of ketones is 2. The highest BCUT2D eigenvalue weighted by Gasteiger charge is 2.31. The van der Waals surface area contributed by atoms with E-state index in [1.807, 2.05) is 12.1 Å². The molecule has 2 aromatic carbocycles. The van der Waals surface area contributed by atoms with Crippen LogP contribution in [-0.4, -0.2) is 17.6 Å². The first-order valence-electron chi connectivity index (χ1n) is 7.71. The third-order valence-corrected chi connectivity index (χ3v) is 4.08. The molecule has 1 unspecified atom stereocenters. The molecule has 112 valence electrons. The number of nitrogens with one attached hydrogen (secondary N) is 1. The Bertz CT molecular complexity index is 749. The lowest BCUT2D eigenvalue weighted by Gasteiger charge is -2.22. The van der Waals surface area contributed by atoms with Crippen molar-refractivity contribution in [2.75, 3.05) is 5.32 Å². The van der Waals surface area contributed by atoms with Crippen molar-refractivity contribution in [2.24, 2.45) is 0 Å². The standard InChI is InChI=1S/C19H19NO2/c1-3-7-12(2)20-16-11-6-10-15-17(16)19(22)14-9-5-4-8-13(14)18(15)21/h4-6,8-12,20H,3,7H2,1-2H3. The molecule has 0 saturated carbocycles. The van der Waals surface area contributed by atoms with E-state index in [2.05, 4.69) is 19.2 Å². The molecule has 2 aromatic rings. The van der Waals surface area contributed by atoms with Gasteiger partial charge in [-0.3, -0.25) is 9.59 Å². The van der Waals surface area contributed by atoms with E-state index < -0.39 is 0 Å². The topological polar surface area (TPSA) is 46.2 Å². The van der Waals surface area contributed by atoms with Crippen molar-refractivity contribution < 1.29 is 9.59 Å². The molecule has 0 amide bonds. The fraction of sp³-hybridized carbons (Fsp3) is 0.263. The van der Waals surface area contributed by atoms with E-state index >= 15 is 0 Å². The fourth-order valence-corrected chi connectivity index (χ4v) is 3.04. The van der Waals surface area contributed by atoms with Gasteiger partial charge < -0.3 is 5.32 Å². The second kappa shape index (κ2) is 5.76. The third-order valence-electron chi connectivity index (χ3n) is 4.08. The second-order valence-electron chi connectivity index (χ2n) is 5.77. The van der Waals surface area contributed by atoms with Crippen LogP contribution in [0.5, 0.6) is 0 Å². The minimum absolute atomic E-state index is 0.0722. The van der Waals surface area contributed by atoms with Crippen LogP contribution in [-0.2, 0) is 0 Å². The van der Waals surface area contributed by atoms with Crippen molar-refractivity contribution >= 4 is 17.3 Å². The number of carbonyl (C=O) groups is 2. The average Bonchev–Trinajstić information content (AvgIpc) is 2.53. The van der Waals surface area contributed by atoms with E-state index in [1.54, 1.807) is 30.3 Å². The van der Waals surface area contributed by atoms with Crippen molar-refractivity contribution in [3.05, 3.63) is 64.7 Å². The van der Waals surface area contributed by atoms with E-state index in [-0.39, 0.29) is 17.6 Å².